The van der Waals surface area contributed by atoms with E-state index in [0.717, 1.165) is 0 Å². The van der Waals surface area contributed by atoms with E-state index in [1.54, 1.807) is 23.9 Å². The van der Waals surface area contributed by atoms with Crippen LogP contribution in [0.25, 0.3) is 11.4 Å². The summed E-state index contributed by atoms with van der Waals surface area (Å²) in [6, 6.07) is 6.17. The number of nitrogens with two attached hydrogens (primary N) is 1. The van der Waals surface area contributed by atoms with Crippen LogP contribution < -0.4 is 5.73 Å². The number of hydrogen-bond acceptors (Lipinski definition) is 3. The summed E-state index contributed by atoms with van der Waals surface area (Å²) < 4.78 is 14.6. The number of aromatic nitrogens is 3. The summed E-state index contributed by atoms with van der Waals surface area (Å²) in [5.74, 6) is 0.876. The predicted molar refractivity (Wildman–Crippen MR) is 54.3 cm³/mol. The first-order chi connectivity index (χ1) is 7.20. The molecule has 0 aliphatic heterocycles. The molecular formula is C10H11FN4. The van der Waals surface area contributed by atoms with Gasteiger partial charge in [-0.25, -0.2) is 9.37 Å². The first kappa shape index (κ1) is 9.79. The zero-order chi connectivity index (χ0) is 10.8. The Labute approximate surface area is 86.6 Å². The molecule has 5 heteroatoms. The molecule has 0 bridgehead atoms. The third-order valence-electron chi connectivity index (χ3n) is 2.12. The van der Waals surface area contributed by atoms with Crippen LogP contribution in [-0.2, 0) is 13.6 Å². The van der Waals surface area contributed by atoms with Crippen LogP contribution in [0.3, 0.4) is 0 Å². The van der Waals surface area contributed by atoms with E-state index >= 15 is 0 Å². The van der Waals surface area contributed by atoms with Crippen LogP contribution in [0.1, 0.15) is 5.82 Å². The van der Waals surface area contributed by atoms with Crippen molar-refractivity contribution in [1.82, 2.24) is 14.8 Å². The standard InChI is InChI=1S/C10H11FN4/c1-15-9(6-12)13-10(14-15)7-3-2-4-8(11)5-7/h2-5H,6,12H2,1H3. The third-order valence-corrected chi connectivity index (χ3v) is 2.12. The molecule has 0 atom stereocenters. The molecule has 0 saturated carbocycles. The number of rotatable bonds is 2. The second kappa shape index (κ2) is 3.78. The van der Waals surface area contributed by atoms with Gasteiger partial charge in [0, 0.05) is 12.6 Å². The predicted octanol–water partition coefficient (Wildman–Crippen LogP) is 1.08. The molecule has 0 unspecified atom stereocenters. The van der Waals surface area contributed by atoms with Crippen molar-refractivity contribution in [2.24, 2.45) is 12.8 Å². The fraction of sp³-hybridized carbons (Fsp3) is 0.200. The van der Waals surface area contributed by atoms with Gasteiger partial charge in [0.1, 0.15) is 11.6 Å². The highest BCUT2D eigenvalue weighted by Crippen LogP contribution is 2.16. The van der Waals surface area contributed by atoms with Gasteiger partial charge < -0.3 is 5.73 Å². The Kier molecular flexibility index (Phi) is 2.47. The molecule has 0 spiro atoms. The van der Waals surface area contributed by atoms with Crippen LogP contribution in [0.5, 0.6) is 0 Å². The smallest absolute Gasteiger partial charge is 0.181 e. The van der Waals surface area contributed by atoms with Crippen molar-refractivity contribution >= 4 is 0 Å². The maximum absolute atomic E-state index is 13.0. The molecular weight excluding hydrogens is 195 g/mol. The molecule has 0 radical (unpaired) electrons. The van der Waals surface area contributed by atoms with Crippen molar-refractivity contribution in [3.8, 4) is 11.4 Å². The molecule has 1 heterocycles. The van der Waals surface area contributed by atoms with E-state index in [4.69, 9.17) is 5.73 Å². The highest BCUT2D eigenvalue weighted by molar-refractivity contribution is 5.54. The summed E-state index contributed by atoms with van der Waals surface area (Å²) in [4.78, 5) is 4.20. The van der Waals surface area contributed by atoms with Crippen LogP contribution in [0.4, 0.5) is 4.39 Å². The Morgan fingerprint density at radius 2 is 2.27 bits per heavy atom. The van der Waals surface area contributed by atoms with Crippen molar-refractivity contribution in [3.63, 3.8) is 0 Å². The molecule has 0 aliphatic rings. The maximum atomic E-state index is 13.0. The topological polar surface area (TPSA) is 56.7 Å². The molecule has 0 saturated heterocycles. The van der Waals surface area contributed by atoms with Gasteiger partial charge in [0.2, 0.25) is 0 Å². The molecule has 2 aromatic rings. The number of benzene rings is 1. The molecule has 2 N–H and O–H groups in total. The lowest BCUT2D eigenvalue weighted by molar-refractivity contribution is 0.628. The van der Waals surface area contributed by atoms with Gasteiger partial charge in [-0.05, 0) is 12.1 Å². The van der Waals surface area contributed by atoms with E-state index in [0.29, 0.717) is 23.8 Å². The minimum absolute atomic E-state index is 0.297. The largest absolute Gasteiger partial charge is 0.324 e. The monoisotopic (exact) mass is 206 g/mol. The lowest BCUT2D eigenvalue weighted by Crippen LogP contribution is -2.05. The minimum Gasteiger partial charge on any atom is -0.324 e. The molecule has 4 nitrogen and oxygen atoms in total. The highest BCUT2D eigenvalue weighted by Gasteiger charge is 2.07. The van der Waals surface area contributed by atoms with Crippen molar-refractivity contribution in [1.29, 1.82) is 0 Å². The Bertz CT molecular complexity index is 478. The van der Waals surface area contributed by atoms with Crippen LogP contribution in [0, 0.1) is 5.82 Å². The number of aryl methyl sites for hydroxylation is 1. The summed E-state index contributed by atoms with van der Waals surface area (Å²) in [7, 11) is 1.76. The molecule has 2 rings (SSSR count). The van der Waals surface area contributed by atoms with E-state index in [9.17, 15) is 4.39 Å². The average molecular weight is 206 g/mol. The Morgan fingerprint density at radius 1 is 1.47 bits per heavy atom. The average Bonchev–Trinajstić information content (AvgIpc) is 2.60. The Balaban J connectivity index is 2.45. The molecule has 0 amide bonds. The van der Waals surface area contributed by atoms with Crippen molar-refractivity contribution in [3.05, 3.63) is 35.9 Å². The van der Waals surface area contributed by atoms with Gasteiger partial charge in [-0.1, -0.05) is 12.1 Å². The first-order valence-electron chi connectivity index (χ1n) is 4.56. The lowest BCUT2D eigenvalue weighted by atomic mass is 10.2. The van der Waals surface area contributed by atoms with Gasteiger partial charge in [-0.3, -0.25) is 4.68 Å². The van der Waals surface area contributed by atoms with E-state index in [1.165, 1.54) is 12.1 Å². The summed E-state index contributed by atoms with van der Waals surface area (Å²) >= 11 is 0. The van der Waals surface area contributed by atoms with Crippen LogP contribution in [0.15, 0.2) is 24.3 Å². The van der Waals surface area contributed by atoms with Crippen molar-refractivity contribution in [2.45, 2.75) is 6.54 Å². The van der Waals surface area contributed by atoms with Crippen molar-refractivity contribution in [2.75, 3.05) is 0 Å². The molecule has 0 aliphatic carbocycles. The maximum Gasteiger partial charge on any atom is 0.181 e. The normalized spacial score (nSPS) is 10.6. The quantitative estimate of drug-likeness (QED) is 0.799. The zero-order valence-corrected chi connectivity index (χ0v) is 8.31. The second-order valence-electron chi connectivity index (χ2n) is 3.19. The minimum atomic E-state index is -0.297. The molecule has 0 fully saturated rings. The van der Waals surface area contributed by atoms with Gasteiger partial charge in [0.15, 0.2) is 5.82 Å². The summed E-state index contributed by atoms with van der Waals surface area (Å²) in [5, 5.41) is 4.15. The Hall–Kier alpha value is -1.75. The van der Waals surface area contributed by atoms with Crippen molar-refractivity contribution < 1.29 is 4.39 Å². The third kappa shape index (κ3) is 1.87. The number of hydrogen-bond donors (Lipinski definition) is 1. The first-order valence-corrected chi connectivity index (χ1v) is 4.56. The highest BCUT2D eigenvalue weighted by atomic mass is 19.1. The van der Waals surface area contributed by atoms with Gasteiger partial charge in [-0.2, -0.15) is 5.10 Å². The summed E-state index contributed by atoms with van der Waals surface area (Å²) in [6.45, 7) is 0.318. The van der Waals surface area contributed by atoms with Crippen LogP contribution in [0.2, 0.25) is 0 Å². The lowest BCUT2D eigenvalue weighted by Gasteiger charge is -1.93. The fourth-order valence-electron chi connectivity index (χ4n) is 1.34. The summed E-state index contributed by atoms with van der Waals surface area (Å²) in [5.41, 5.74) is 6.13. The number of halogens is 1. The van der Waals surface area contributed by atoms with E-state index in [1.807, 2.05) is 0 Å². The Morgan fingerprint density at radius 3 is 2.87 bits per heavy atom. The van der Waals surface area contributed by atoms with E-state index in [-0.39, 0.29) is 5.82 Å². The van der Waals surface area contributed by atoms with Gasteiger partial charge in [-0.15, -0.1) is 0 Å². The van der Waals surface area contributed by atoms with E-state index in [2.05, 4.69) is 10.1 Å². The van der Waals surface area contributed by atoms with Gasteiger partial charge >= 0.3 is 0 Å². The van der Waals surface area contributed by atoms with Gasteiger partial charge in [0.05, 0.1) is 6.54 Å². The molecule has 15 heavy (non-hydrogen) atoms. The van der Waals surface area contributed by atoms with Crippen LogP contribution >= 0.6 is 0 Å². The zero-order valence-electron chi connectivity index (χ0n) is 8.31. The molecule has 1 aromatic heterocycles. The molecule has 1 aromatic carbocycles. The van der Waals surface area contributed by atoms with Gasteiger partial charge in [0.25, 0.3) is 0 Å². The fourth-order valence-corrected chi connectivity index (χ4v) is 1.34. The second-order valence-corrected chi connectivity index (χ2v) is 3.19. The SMILES string of the molecule is Cn1nc(-c2cccc(F)c2)nc1CN. The molecule has 78 valence electrons. The van der Waals surface area contributed by atoms with Crippen LogP contribution in [-0.4, -0.2) is 14.8 Å². The van der Waals surface area contributed by atoms with E-state index < -0.39 is 0 Å². The number of nitrogens with zero attached hydrogens (tertiary/aromatic N) is 3. The summed E-state index contributed by atoms with van der Waals surface area (Å²) in [6.07, 6.45) is 0.